The van der Waals surface area contributed by atoms with Gasteiger partial charge in [0.2, 0.25) is 0 Å². The van der Waals surface area contributed by atoms with Gasteiger partial charge in [0.15, 0.2) is 0 Å². The molecule has 2 N–H and O–H groups in total. The van der Waals surface area contributed by atoms with Crippen LogP contribution in [0.4, 0.5) is 10.1 Å². The molecule has 0 aliphatic rings. The van der Waals surface area contributed by atoms with E-state index in [0.717, 1.165) is 0 Å². The lowest BCUT2D eigenvalue weighted by atomic mass is 10.1. The third-order valence-electron chi connectivity index (χ3n) is 2.31. The molecule has 74 valence electrons. The van der Waals surface area contributed by atoms with E-state index in [1.165, 1.54) is 12.3 Å². The second-order valence-electron chi connectivity index (χ2n) is 3.32. The first-order valence-electron chi connectivity index (χ1n) is 4.38. The van der Waals surface area contributed by atoms with E-state index in [1.807, 2.05) is 6.07 Å². The summed E-state index contributed by atoms with van der Waals surface area (Å²) < 4.78 is 13.2. The first kappa shape index (κ1) is 9.41. The van der Waals surface area contributed by atoms with Crippen molar-refractivity contribution in [2.24, 2.45) is 0 Å². The number of halogens is 1. The second-order valence-corrected chi connectivity index (χ2v) is 3.32. The van der Waals surface area contributed by atoms with Crippen LogP contribution in [0, 0.1) is 24.1 Å². The molecule has 0 saturated carbocycles. The Kier molecular flexibility index (Phi) is 2.01. The maximum atomic E-state index is 13.2. The van der Waals surface area contributed by atoms with Crippen LogP contribution in [-0.4, -0.2) is 4.98 Å². The van der Waals surface area contributed by atoms with Gasteiger partial charge in [-0.3, -0.25) is 4.98 Å². The fraction of sp³-hybridized carbons (Fsp3) is 0.0909. The van der Waals surface area contributed by atoms with Crippen molar-refractivity contribution in [3.63, 3.8) is 0 Å². The summed E-state index contributed by atoms with van der Waals surface area (Å²) in [5.41, 5.74) is 7.39. The quantitative estimate of drug-likeness (QED) is 0.710. The highest BCUT2D eigenvalue weighted by atomic mass is 19.1. The first-order valence-corrected chi connectivity index (χ1v) is 4.38. The third-order valence-corrected chi connectivity index (χ3v) is 2.31. The molecule has 0 aliphatic carbocycles. The number of nitriles is 1. The molecule has 0 amide bonds. The van der Waals surface area contributed by atoms with Gasteiger partial charge in [-0.1, -0.05) is 0 Å². The molecule has 1 aromatic heterocycles. The summed E-state index contributed by atoms with van der Waals surface area (Å²) in [5, 5.41) is 9.38. The Balaban J connectivity index is 2.89. The van der Waals surface area contributed by atoms with Crippen molar-refractivity contribution in [2.45, 2.75) is 6.92 Å². The third kappa shape index (κ3) is 1.38. The van der Waals surface area contributed by atoms with Gasteiger partial charge < -0.3 is 5.73 Å². The Hall–Kier alpha value is -2.15. The molecule has 0 bridgehead atoms. The standard InChI is InChI=1S/C11H8FN3/c1-6-2-8-10(3-9(6)12)15-5-7(4-13)11(8)14/h2-3,5H,1H3,(H2,14,15). The van der Waals surface area contributed by atoms with Crippen molar-refractivity contribution in [2.75, 3.05) is 5.73 Å². The van der Waals surface area contributed by atoms with Crippen molar-refractivity contribution in [1.82, 2.24) is 4.98 Å². The monoisotopic (exact) mass is 201 g/mol. The van der Waals surface area contributed by atoms with Crippen molar-refractivity contribution in [3.8, 4) is 6.07 Å². The average molecular weight is 201 g/mol. The highest BCUT2D eigenvalue weighted by Gasteiger charge is 2.07. The zero-order chi connectivity index (χ0) is 11.0. The highest BCUT2D eigenvalue weighted by molar-refractivity contribution is 5.93. The Morgan fingerprint density at radius 2 is 2.20 bits per heavy atom. The van der Waals surface area contributed by atoms with Gasteiger partial charge >= 0.3 is 0 Å². The zero-order valence-electron chi connectivity index (χ0n) is 8.08. The average Bonchev–Trinajstić information content (AvgIpc) is 2.22. The Morgan fingerprint density at radius 3 is 2.87 bits per heavy atom. The maximum Gasteiger partial charge on any atom is 0.128 e. The number of fused-ring (bicyclic) bond motifs is 1. The SMILES string of the molecule is Cc1cc2c(N)c(C#N)cnc2cc1F. The van der Waals surface area contributed by atoms with E-state index in [4.69, 9.17) is 11.0 Å². The van der Waals surface area contributed by atoms with Crippen LogP contribution in [0.15, 0.2) is 18.3 Å². The van der Waals surface area contributed by atoms with E-state index < -0.39 is 0 Å². The van der Waals surface area contributed by atoms with Gasteiger partial charge in [0, 0.05) is 17.6 Å². The second kappa shape index (κ2) is 3.21. The number of nitrogen functional groups attached to an aromatic ring is 1. The van der Waals surface area contributed by atoms with Gasteiger partial charge in [-0.25, -0.2) is 4.39 Å². The molecule has 0 saturated heterocycles. The largest absolute Gasteiger partial charge is 0.397 e. The fourth-order valence-corrected chi connectivity index (χ4v) is 1.43. The van der Waals surface area contributed by atoms with Crippen LogP contribution in [-0.2, 0) is 0 Å². The fourth-order valence-electron chi connectivity index (χ4n) is 1.43. The zero-order valence-corrected chi connectivity index (χ0v) is 8.08. The number of hydrogen-bond donors (Lipinski definition) is 1. The Morgan fingerprint density at radius 1 is 1.47 bits per heavy atom. The summed E-state index contributed by atoms with van der Waals surface area (Å²) in [4.78, 5) is 3.97. The lowest BCUT2D eigenvalue weighted by Gasteiger charge is -2.04. The molecule has 0 aliphatic heterocycles. The number of hydrogen-bond acceptors (Lipinski definition) is 3. The number of anilines is 1. The van der Waals surface area contributed by atoms with Gasteiger partial charge in [-0.2, -0.15) is 5.26 Å². The molecule has 0 unspecified atom stereocenters. The summed E-state index contributed by atoms with van der Waals surface area (Å²) in [7, 11) is 0. The minimum absolute atomic E-state index is 0.313. The summed E-state index contributed by atoms with van der Waals surface area (Å²) >= 11 is 0. The molecule has 0 radical (unpaired) electrons. The molecule has 15 heavy (non-hydrogen) atoms. The van der Waals surface area contributed by atoms with Crippen LogP contribution >= 0.6 is 0 Å². The van der Waals surface area contributed by atoms with Crippen molar-refractivity contribution in [3.05, 3.63) is 35.3 Å². The van der Waals surface area contributed by atoms with Crippen LogP contribution in [0.1, 0.15) is 11.1 Å². The number of benzene rings is 1. The van der Waals surface area contributed by atoms with Gasteiger partial charge in [0.1, 0.15) is 11.9 Å². The topological polar surface area (TPSA) is 62.7 Å². The molecule has 2 aromatic rings. The minimum atomic E-state index is -0.320. The van der Waals surface area contributed by atoms with Crippen LogP contribution in [0.2, 0.25) is 0 Å². The van der Waals surface area contributed by atoms with Crippen LogP contribution in [0.3, 0.4) is 0 Å². The molecule has 0 spiro atoms. The molecule has 0 fully saturated rings. The minimum Gasteiger partial charge on any atom is -0.397 e. The number of aromatic nitrogens is 1. The molecular weight excluding hydrogens is 193 g/mol. The van der Waals surface area contributed by atoms with Crippen molar-refractivity contribution >= 4 is 16.6 Å². The van der Waals surface area contributed by atoms with Crippen molar-refractivity contribution in [1.29, 1.82) is 5.26 Å². The summed E-state index contributed by atoms with van der Waals surface area (Å²) in [6, 6.07) is 4.87. The number of nitrogens with two attached hydrogens (primary N) is 1. The van der Waals surface area contributed by atoms with E-state index in [0.29, 0.717) is 27.7 Å². The van der Waals surface area contributed by atoms with E-state index in [9.17, 15) is 4.39 Å². The van der Waals surface area contributed by atoms with E-state index in [-0.39, 0.29) is 5.82 Å². The number of rotatable bonds is 0. The highest BCUT2D eigenvalue weighted by Crippen LogP contribution is 2.24. The molecule has 2 rings (SSSR count). The van der Waals surface area contributed by atoms with Crippen molar-refractivity contribution < 1.29 is 4.39 Å². The maximum absolute atomic E-state index is 13.2. The number of pyridine rings is 1. The summed E-state index contributed by atoms with van der Waals surface area (Å²) in [6.45, 7) is 1.65. The number of nitrogens with zero attached hydrogens (tertiary/aromatic N) is 2. The predicted molar refractivity (Wildman–Crippen MR) is 55.6 cm³/mol. The van der Waals surface area contributed by atoms with Gasteiger partial charge in [-0.05, 0) is 18.6 Å². The van der Waals surface area contributed by atoms with Crippen LogP contribution in [0.25, 0.3) is 10.9 Å². The molecule has 1 heterocycles. The lowest BCUT2D eigenvalue weighted by molar-refractivity contribution is 0.620. The molecule has 4 heteroatoms. The lowest BCUT2D eigenvalue weighted by Crippen LogP contribution is -1.95. The van der Waals surface area contributed by atoms with Crippen LogP contribution in [0.5, 0.6) is 0 Å². The Labute approximate surface area is 86.0 Å². The summed E-state index contributed by atoms with van der Waals surface area (Å²) in [5.74, 6) is -0.320. The predicted octanol–water partition coefficient (Wildman–Crippen LogP) is 2.14. The normalized spacial score (nSPS) is 10.2. The smallest absolute Gasteiger partial charge is 0.128 e. The van der Waals surface area contributed by atoms with E-state index >= 15 is 0 Å². The van der Waals surface area contributed by atoms with E-state index in [2.05, 4.69) is 4.98 Å². The van der Waals surface area contributed by atoms with E-state index in [1.54, 1.807) is 13.0 Å². The van der Waals surface area contributed by atoms with Gasteiger partial charge in [0.05, 0.1) is 16.8 Å². The van der Waals surface area contributed by atoms with Crippen LogP contribution < -0.4 is 5.73 Å². The molecule has 0 atom stereocenters. The summed E-state index contributed by atoms with van der Waals surface area (Å²) in [6.07, 6.45) is 1.35. The first-order chi connectivity index (χ1) is 7.13. The molecule has 1 aromatic carbocycles. The Bertz CT molecular complexity index is 584. The molecular formula is C11H8FN3. The van der Waals surface area contributed by atoms with Gasteiger partial charge in [-0.15, -0.1) is 0 Å². The number of aryl methyl sites for hydroxylation is 1. The molecule has 3 nitrogen and oxygen atoms in total. The van der Waals surface area contributed by atoms with Gasteiger partial charge in [0.25, 0.3) is 0 Å².